The van der Waals surface area contributed by atoms with E-state index in [1.54, 1.807) is 0 Å². The summed E-state index contributed by atoms with van der Waals surface area (Å²) in [6, 6.07) is 4.13. The number of imide groups is 1. The van der Waals surface area contributed by atoms with E-state index in [1.165, 1.54) is 23.1 Å². The molecule has 6 atom stereocenters. The fourth-order valence-electron chi connectivity index (χ4n) is 5.57. The second kappa shape index (κ2) is 4.57. The second-order valence-corrected chi connectivity index (χ2v) is 7.83. The normalized spacial score (nSPS) is 39.0. The Balaban J connectivity index is 1.56. The number of anilines is 1. The minimum absolute atomic E-state index is 0.00146. The Bertz CT molecular complexity index is 776. The fraction of sp³-hybridized carbons (Fsp3) is 0.529. The van der Waals surface area contributed by atoms with Gasteiger partial charge in [0, 0.05) is 6.07 Å². The van der Waals surface area contributed by atoms with Crippen LogP contribution >= 0.6 is 11.6 Å². The molecular weight excluding hydrogens is 332 g/mol. The van der Waals surface area contributed by atoms with Crippen molar-refractivity contribution in [1.29, 1.82) is 0 Å². The van der Waals surface area contributed by atoms with Crippen LogP contribution in [0.25, 0.3) is 0 Å². The molecule has 6 nitrogen and oxygen atoms in total. The lowest BCUT2D eigenvalue weighted by Gasteiger charge is -2.42. The van der Waals surface area contributed by atoms with Crippen molar-refractivity contribution in [3.63, 3.8) is 0 Å². The van der Waals surface area contributed by atoms with Gasteiger partial charge in [0.15, 0.2) is 0 Å². The largest absolute Gasteiger partial charge is 0.289 e. The molecule has 24 heavy (non-hydrogen) atoms. The maximum Gasteiger partial charge on any atom is 0.289 e. The molecule has 1 aromatic rings. The predicted molar refractivity (Wildman–Crippen MR) is 85.4 cm³/mol. The van der Waals surface area contributed by atoms with Gasteiger partial charge in [0.2, 0.25) is 11.8 Å². The molecule has 5 aliphatic rings. The molecule has 0 radical (unpaired) electrons. The number of amides is 2. The highest BCUT2D eigenvalue weighted by Gasteiger charge is 2.68. The zero-order valence-electron chi connectivity index (χ0n) is 12.7. The van der Waals surface area contributed by atoms with Crippen molar-refractivity contribution in [2.24, 2.45) is 35.5 Å². The Labute approximate surface area is 142 Å². The molecule has 1 saturated heterocycles. The molecule has 2 amide bonds. The van der Waals surface area contributed by atoms with Crippen LogP contribution in [0.5, 0.6) is 0 Å². The van der Waals surface area contributed by atoms with Crippen LogP contribution in [-0.2, 0) is 9.59 Å². The monoisotopic (exact) mass is 346 g/mol. The maximum atomic E-state index is 13.0. The molecular formula is C17H15ClN2O4. The number of nitro benzene ring substituents is 1. The third-order valence-corrected chi connectivity index (χ3v) is 6.85. The summed E-state index contributed by atoms with van der Waals surface area (Å²) in [5.74, 6) is 1.04. The third-order valence-electron chi connectivity index (χ3n) is 6.53. The van der Waals surface area contributed by atoms with E-state index in [0.717, 1.165) is 19.3 Å². The molecule has 4 saturated carbocycles. The molecule has 1 heterocycles. The smallest absolute Gasteiger partial charge is 0.274 e. The Morgan fingerprint density at radius 1 is 1.04 bits per heavy atom. The summed E-state index contributed by atoms with van der Waals surface area (Å²) < 4.78 is 0. The first kappa shape index (κ1) is 14.4. The summed E-state index contributed by atoms with van der Waals surface area (Å²) in [5, 5.41) is 11.1. The molecule has 0 N–H and O–H groups in total. The van der Waals surface area contributed by atoms with E-state index in [9.17, 15) is 19.7 Å². The van der Waals surface area contributed by atoms with Crippen molar-refractivity contribution >= 4 is 34.8 Å². The molecule has 0 unspecified atom stereocenters. The van der Waals surface area contributed by atoms with E-state index in [1.807, 2.05) is 0 Å². The molecule has 0 aromatic heterocycles. The molecule has 7 heteroatoms. The first-order chi connectivity index (χ1) is 11.5. The van der Waals surface area contributed by atoms with Crippen LogP contribution in [0.15, 0.2) is 18.2 Å². The Hall–Kier alpha value is -1.95. The average Bonchev–Trinajstić information content (AvgIpc) is 3.33. The van der Waals surface area contributed by atoms with E-state index < -0.39 is 4.92 Å². The number of nitro groups is 1. The van der Waals surface area contributed by atoms with Crippen molar-refractivity contribution < 1.29 is 14.5 Å². The van der Waals surface area contributed by atoms with E-state index in [2.05, 4.69) is 0 Å². The molecule has 1 aliphatic heterocycles. The van der Waals surface area contributed by atoms with Gasteiger partial charge in [-0.05, 0) is 55.1 Å². The van der Waals surface area contributed by atoms with Gasteiger partial charge in [0.25, 0.3) is 5.69 Å². The number of nitrogens with zero attached hydrogens (tertiary/aromatic N) is 2. The molecule has 1 aromatic carbocycles. The topological polar surface area (TPSA) is 80.5 Å². The molecule has 2 bridgehead atoms. The fourth-order valence-corrected chi connectivity index (χ4v) is 5.76. The zero-order valence-corrected chi connectivity index (χ0v) is 13.5. The minimum Gasteiger partial charge on any atom is -0.274 e. The molecule has 5 fully saturated rings. The van der Waals surface area contributed by atoms with Crippen LogP contribution in [0.3, 0.4) is 0 Å². The van der Waals surface area contributed by atoms with Gasteiger partial charge in [-0.2, -0.15) is 0 Å². The zero-order chi connectivity index (χ0) is 16.7. The van der Waals surface area contributed by atoms with Gasteiger partial charge in [-0.3, -0.25) is 19.7 Å². The first-order valence-electron chi connectivity index (χ1n) is 8.31. The second-order valence-electron chi connectivity index (χ2n) is 7.42. The number of carbonyl (C=O) groups is 2. The third kappa shape index (κ3) is 1.67. The van der Waals surface area contributed by atoms with Gasteiger partial charge >= 0.3 is 0 Å². The highest BCUT2D eigenvalue weighted by molar-refractivity contribution is 6.33. The van der Waals surface area contributed by atoms with Crippen LogP contribution in [-0.4, -0.2) is 16.7 Å². The highest BCUT2D eigenvalue weighted by Crippen LogP contribution is 2.68. The van der Waals surface area contributed by atoms with E-state index >= 15 is 0 Å². The number of hydrogen-bond donors (Lipinski definition) is 0. The standard InChI is InChI=1S/C17H15ClN2O4/c18-12-4-1-7(5-13(12)20(23)24)19-16(21)14-8-2-3-9(11-6-10(8)11)15(14)17(19)22/h1,4-5,8-11,14-15H,2-3,6H2/t8-,9+,10-,11+,14-,15+. The lowest BCUT2D eigenvalue weighted by molar-refractivity contribution is -0.384. The molecule has 4 aliphatic carbocycles. The van der Waals surface area contributed by atoms with Crippen LogP contribution in [0.1, 0.15) is 19.3 Å². The van der Waals surface area contributed by atoms with Gasteiger partial charge in [-0.1, -0.05) is 11.6 Å². The van der Waals surface area contributed by atoms with Gasteiger partial charge in [0.1, 0.15) is 5.02 Å². The SMILES string of the molecule is O=C1[C@@H]2[C@@H]3CC[C@@H]([C@@H]4C[C@@H]43)[C@@H]2C(=O)N1c1ccc(Cl)c([N+](=O)[O-])c1. The van der Waals surface area contributed by atoms with E-state index in [4.69, 9.17) is 11.6 Å². The summed E-state index contributed by atoms with van der Waals surface area (Å²) in [5.41, 5.74) is -0.0148. The van der Waals surface area contributed by atoms with Crippen LogP contribution in [0, 0.1) is 45.6 Å². The minimum atomic E-state index is -0.594. The summed E-state index contributed by atoms with van der Waals surface area (Å²) in [4.78, 5) is 37.6. The molecule has 124 valence electrons. The Morgan fingerprint density at radius 3 is 2.17 bits per heavy atom. The highest BCUT2D eigenvalue weighted by atomic mass is 35.5. The molecule has 6 rings (SSSR count). The van der Waals surface area contributed by atoms with E-state index in [0.29, 0.717) is 23.7 Å². The number of rotatable bonds is 2. The van der Waals surface area contributed by atoms with Crippen molar-refractivity contribution in [3.05, 3.63) is 33.3 Å². The van der Waals surface area contributed by atoms with Crippen LogP contribution in [0.4, 0.5) is 11.4 Å². The first-order valence-corrected chi connectivity index (χ1v) is 8.68. The van der Waals surface area contributed by atoms with Crippen LogP contribution in [0.2, 0.25) is 5.02 Å². The maximum absolute atomic E-state index is 13.0. The quantitative estimate of drug-likeness (QED) is 0.468. The number of halogens is 1. The van der Waals surface area contributed by atoms with Crippen molar-refractivity contribution in [1.82, 2.24) is 0 Å². The van der Waals surface area contributed by atoms with Crippen molar-refractivity contribution in [2.75, 3.05) is 4.90 Å². The summed E-state index contributed by atoms with van der Waals surface area (Å²) in [6.45, 7) is 0. The lowest BCUT2D eigenvalue weighted by Crippen LogP contribution is -2.43. The molecule has 0 spiro atoms. The summed E-state index contributed by atoms with van der Waals surface area (Å²) in [7, 11) is 0. The Kier molecular flexibility index (Phi) is 2.74. The predicted octanol–water partition coefficient (Wildman–Crippen LogP) is 3.03. The van der Waals surface area contributed by atoms with Crippen LogP contribution < -0.4 is 4.90 Å². The van der Waals surface area contributed by atoms with Gasteiger partial charge in [0.05, 0.1) is 22.4 Å². The summed E-state index contributed by atoms with van der Waals surface area (Å²) >= 11 is 5.84. The van der Waals surface area contributed by atoms with Gasteiger partial charge in [-0.15, -0.1) is 0 Å². The Morgan fingerprint density at radius 2 is 1.62 bits per heavy atom. The van der Waals surface area contributed by atoms with E-state index in [-0.39, 0.29) is 40.0 Å². The average molecular weight is 347 g/mol. The number of benzene rings is 1. The van der Waals surface area contributed by atoms with Gasteiger partial charge < -0.3 is 0 Å². The number of fused-ring (bicyclic) bond motifs is 1. The van der Waals surface area contributed by atoms with Crippen molar-refractivity contribution in [3.8, 4) is 0 Å². The van der Waals surface area contributed by atoms with Crippen molar-refractivity contribution in [2.45, 2.75) is 19.3 Å². The van der Waals surface area contributed by atoms with Gasteiger partial charge in [-0.25, -0.2) is 4.90 Å². The lowest BCUT2D eigenvalue weighted by atomic mass is 9.59. The number of hydrogen-bond acceptors (Lipinski definition) is 4. The summed E-state index contributed by atoms with van der Waals surface area (Å²) in [6.07, 6.45) is 3.22. The number of carbonyl (C=O) groups excluding carboxylic acids is 2.